The Balaban J connectivity index is 1.71. The number of phenolic OH excluding ortho intramolecular Hbond substituents is 1. The van der Waals surface area contributed by atoms with Crippen LogP contribution in [0.4, 0.5) is 5.82 Å². The molecule has 3 aromatic rings. The molecule has 0 spiro atoms. The van der Waals surface area contributed by atoms with Crippen LogP contribution >= 0.6 is 0 Å². The standard InChI is InChI=1S/C17H16N4O3/c1-18-16-5-4-12(20-21-16)11-8-14-9(6-13(11)22)7-15(24-14)17(23)19-10-2-3-10/h4-8,10,22H,2-3H2,1H3,(H,18,21)(H,19,23). The predicted molar refractivity (Wildman–Crippen MR) is 88.9 cm³/mol. The maximum absolute atomic E-state index is 12.1. The number of aromatic nitrogens is 2. The molecule has 4 rings (SSSR count). The maximum Gasteiger partial charge on any atom is 0.287 e. The van der Waals surface area contributed by atoms with Gasteiger partial charge in [0.05, 0.1) is 5.69 Å². The van der Waals surface area contributed by atoms with Crippen molar-refractivity contribution in [1.82, 2.24) is 15.5 Å². The van der Waals surface area contributed by atoms with Gasteiger partial charge in [-0.1, -0.05) is 0 Å². The summed E-state index contributed by atoms with van der Waals surface area (Å²) >= 11 is 0. The molecule has 1 saturated carbocycles. The summed E-state index contributed by atoms with van der Waals surface area (Å²) in [5, 5.41) is 24.8. The van der Waals surface area contributed by atoms with E-state index in [1.54, 1.807) is 37.4 Å². The van der Waals surface area contributed by atoms with Crippen molar-refractivity contribution in [2.75, 3.05) is 12.4 Å². The minimum atomic E-state index is -0.229. The molecule has 7 nitrogen and oxygen atoms in total. The fraction of sp³-hybridized carbons (Fsp3) is 0.235. The Labute approximate surface area is 137 Å². The molecule has 0 saturated heterocycles. The van der Waals surface area contributed by atoms with E-state index in [1.807, 2.05) is 0 Å². The number of fused-ring (bicyclic) bond motifs is 1. The minimum Gasteiger partial charge on any atom is -0.507 e. The monoisotopic (exact) mass is 324 g/mol. The van der Waals surface area contributed by atoms with Crippen molar-refractivity contribution in [3.05, 3.63) is 36.1 Å². The highest BCUT2D eigenvalue weighted by atomic mass is 16.3. The van der Waals surface area contributed by atoms with Crippen molar-refractivity contribution in [1.29, 1.82) is 0 Å². The second-order valence-electron chi connectivity index (χ2n) is 5.82. The van der Waals surface area contributed by atoms with Gasteiger partial charge < -0.3 is 20.2 Å². The van der Waals surface area contributed by atoms with Crippen LogP contribution < -0.4 is 10.6 Å². The number of carbonyl (C=O) groups is 1. The molecule has 0 unspecified atom stereocenters. The molecule has 3 N–H and O–H groups in total. The lowest BCUT2D eigenvalue weighted by molar-refractivity contribution is 0.0925. The summed E-state index contributed by atoms with van der Waals surface area (Å²) in [6.07, 6.45) is 2.02. The van der Waals surface area contributed by atoms with Crippen LogP contribution in [0.2, 0.25) is 0 Å². The molecule has 7 heteroatoms. The van der Waals surface area contributed by atoms with Gasteiger partial charge in [-0.15, -0.1) is 10.2 Å². The SMILES string of the molecule is CNc1ccc(-c2cc3oc(C(=O)NC4CC4)cc3cc2O)nn1. The van der Waals surface area contributed by atoms with Crippen LogP contribution in [0.5, 0.6) is 5.75 Å². The number of phenols is 1. The normalized spacial score (nSPS) is 13.9. The predicted octanol–water partition coefficient (Wildman–Crippen LogP) is 2.53. The van der Waals surface area contributed by atoms with Crippen LogP contribution in [0.15, 0.2) is 34.7 Å². The van der Waals surface area contributed by atoms with Crippen molar-refractivity contribution >= 4 is 22.7 Å². The molecule has 0 aliphatic heterocycles. The van der Waals surface area contributed by atoms with Crippen molar-refractivity contribution in [3.63, 3.8) is 0 Å². The zero-order chi connectivity index (χ0) is 16.7. The molecular formula is C17H16N4O3. The number of nitrogens with zero attached hydrogens (tertiary/aromatic N) is 2. The van der Waals surface area contributed by atoms with Gasteiger partial charge in [0.2, 0.25) is 0 Å². The highest BCUT2D eigenvalue weighted by molar-refractivity contribution is 5.97. The van der Waals surface area contributed by atoms with Gasteiger partial charge in [-0.25, -0.2) is 0 Å². The van der Waals surface area contributed by atoms with Gasteiger partial charge in [-0.3, -0.25) is 4.79 Å². The average Bonchev–Trinajstić information content (AvgIpc) is 3.31. The minimum absolute atomic E-state index is 0.0592. The molecule has 2 heterocycles. The number of nitrogens with one attached hydrogen (secondary N) is 2. The first-order valence-corrected chi connectivity index (χ1v) is 7.73. The Bertz CT molecular complexity index is 913. The molecule has 0 bridgehead atoms. The first kappa shape index (κ1) is 14.5. The molecule has 122 valence electrons. The molecule has 1 aliphatic rings. The van der Waals surface area contributed by atoms with Crippen LogP contribution in [-0.2, 0) is 0 Å². The molecule has 0 radical (unpaired) electrons. The highest BCUT2D eigenvalue weighted by Crippen LogP contribution is 2.34. The lowest BCUT2D eigenvalue weighted by Crippen LogP contribution is -2.24. The number of furan rings is 1. The Kier molecular flexibility index (Phi) is 3.34. The number of aromatic hydroxyl groups is 1. The van der Waals surface area contributed by atoms with E-state index >= 15 is 0 Å². The molecule has 0 atom stereocenters. The fourth-order valence-electron chi connectivity index (χ4n) is 2.49. The van der Waals surface area contributed by atoms with Gasteiger partial charge in [0, 0.05) is 24.0 Å². The molecule has 2 aromatic heterocycles. The summed E-state index contributed by atoms with van der Waals surface area (Å²) in [4.78, 5) is 12.1. The maximum atomic E-state index is 12.1. The molecule has 1 amide bonds. The van der Waals surface area contributed by atoms with Crippen molar-refractivity contribution < 1.29 is 14.3 Å². The summed E-state index contributed by atoms with van der Waals surface area (Å²) in [6.45, 7) is 0. The summed E-state index contributed by atoms with van der Waals surface area (Å²) in [7, 11) is 1.75. The molecule has 1 fully saturated rings. The highest BCUT2D eigenvalue weighted by Gasteiger charge is 2.25. The van der Waals surface area contributed by atoms with Crippen molar-refractivity contribution in [2.24, 2.45) is 0 Å². The topological polar surface area (TPSA) is 100 Å². The molecule has 24 heavy (non-hydrogen) atoms. The van der Waals surface area contributed by atoms with Gasteiger partial charge in [-0.05, 0) is 43.2 Å². The average molecular weight is 324 g/mol. The van der Waals surface area contributed by atoms with Crippen LogP contribution in [0, 0.1) is 0 Å². The largest absolute Gasteiger partial charge is 0.507 e. The summed E-state index contributed by atoms with van der Waals surface area (Å²) in [5.74, 6) is 0.707. The Morgan fingerprint density at radius 1 is 1.25 bits per heavy atom. The molecule has 1 aliphatic carbocycles. The number of hydrogen-bond donors (Lipinski definition) is 3. The zero-order valence-corrected chi connectivity index (χ0v) is 13.0. The number of rotatable bonds is 4. The van der Waals surface area contributed by atoms with E-state index in [2.05, 4.69) is 20.8 Å². The Hall–Kier alpha value is -3.09. The van der Waals surface area contributed by atoms with E-state index in [-0.39, 0.29) is 23.5 Å². The Morgan fingerprint density at radius 2 is 2.08 bits per heavy atom. The first-order chi connectivity index (χ1) is 11.6. The van der Waals surface area contributed by atoms with E-state index in [4.69, 9.17) is 4.42 Å². The first-order valence-electron chi connectivity index (χ1n) is 7.73. The van der Waals surface area contributed by atoms with Crippen LogP contribution in [0.3, 0.4) is 0 Å². The van der Waals surface area contributed by atoms with Crippen molar-refractivity contribution in [3.8, 4) is 17.0 Å². The zero-order valence-electron chi connectivity index (χ0n) is 13.0. The summed E-state index contributed by atoms with van der Waals surface area (Å²) < 4.78 is 5.64. The third-order valence-electron chi connectivity index (χ3n) is 3.97. The second-order valence-corrected chi connectivity index (χ2v) is 5.82. The second kappa shape index (κ2) is 5.52. The van der Waals surface area contributed by atoms with Gasteiger partial charge in [0.1, 0.15) is 17.2 Å². The fourth-order valence-corrected chi connectivity index (χ4v) is 2.49. The van der Waals surface area contributed by atoms with Crippen LogP contribution in [0.1, 0.15) is 23.4 Å². The van der Waals surface area contributed by atoms with Crippen molar-refractivity contribution in [2.45, 2.75) is 18.9 Å². The molecule has 1 aromatic carbocycles. The lowest BCUT2D eigenvalue weighted by atomic mass is 10.1. The van der Waals surface area contributed by atoms with E-state index < -0.39 is 0 Å². The third-order valence-corrected chi connectivity index (χ3v) is 3.97. The number of benzene rings is 1. The number of hydrogen-bond acceptors (Lipinski definition) is 6. The van der Waals surface area contributed by atoms with Gasteiger partial charge in [0.25, 0.3) is 5.91 Å². The van der Waals surface area contributed by atoms with E-state index in [1.165, 1.54) is 0 Å². The third kappa shape index (κ3) is 2.64. The van der Waals surface area contributed by atoms with Gasteiger partial charge in [-0.2, -0.15) is 0 Å². The number of amides is 1. The van der Waals surface area contributed by atoms with Gasteiger partial charge in [0.15, 0.2) is 5.76 Å². The molecular weight excluding hydrogens is 308 g/mol. The van der Waals surface area contributed by atoms with E-state index in [0.717, 1.165) is 12.8 Å². The van der Waals surface area contributed by atoms with Crippen LogP contribution in [-0.4, -0.2) is 34.3 Å². The number of carbonyl (C=O) groups excluding carboxylic acids is 1. The quantitative estimate of drug-likeness (QED) is 0.682. The smallest absolute Gasteiger partial charge is 0.287 e. The van der Waals surface area contributed by atoms with Gasteiger partial charge >= 0.3 is 0 Å². The Morgan fingerprint density at radius 3 is 2.75 bits per heavy atom. The summed E-state index contributed by atoms with van der Waals surface area (Å²) in [5.41, 5.74) is 1.54. The summed E-state index contributed by atoms with van der Waals surface area (Å²) in [6, 6.07) is 8.64. The lowest BCUT2D eigenvalue weighted by Gasteiger charge is -2.04. The van der Waals surface area contributed by atoms with E-state index in [0.29, 0.717) is 28.0 Å². The van der Waals surface area contributed by atoms with E-state index in [9.17, 15) is 9.90 Å². The number of anilines is 1. The van der Waals surface area contributed by atoms with Crippen LogP contribution in [0.25, 0.3) is 22.2 Å².